The molecule has 8 heteroatoms. The van der Waals surface area contributed by atoms with Crippen LogP contribution in [0.3, 0.4) is 0 Å². The van der Waals surface area contributed by atoms with Gasteiger partial charge in [-0.25, -0.2) is 4.99 Å². The Balaban J connectivity index is 0.00000204. The fourth-order valence-electron chi connectivity index (χ4n) is 2.10. The van der Waals surface area contributed by atoms with E-state index in [0.717, 1.165) is 0 Å². The molecular weight excluding hydrogens is 390 g/mol. The number of methoxy groups -OCH3 is 1. The highest BCUT2D eigenvalue weighted by Crippen LogP contribution is 2.32. The number of aliphatic imine (C=N–C) groups is 1. The van der Waals surface area contributed by atoms with Gasteiger partial charge in [0.1, 0.15) is 5.76 Å². The number of ether oxygens (including phenoxy) is 1. The smallest absolute Gasteiger partial charge is 0.266 e. The highest BCUT2D eigenvalue weighted by atomic mass is 32.2. The zero-order valence-electron chi connectivity index (χ0n) is 16.9. The van der Waals surface area contributed by atoms with Gasteiger partial charge >= 0.3 is 0 Å². The fourth-order valence-corrected chi connectivity index (χ4v) is 3.10. The molecule has 0 aliphatic carbocycles. The standard InChI is InChI=1S/C19H19N3O4S.C2H6/c1-12(9-16(26-4)13(2)24)10-17-18(25)22(3)19(27-17)21-15-7-5-14(6-8-15)20-11-23;1-2/h5-11,24H,1-2H2,3-4H3,(H,20,23);1-2H3/b16-9+,17-10+,21-19?;. The molecule has 0 saturated carbocycles. The maximum Gasteiger partial charge on any atom is 0.266 e. The highest BCUT2D eigenvalue weighted by Gasteiger charge is 2.30. The molecule has 1 saturated heterocycles. The number of carbonyl (C=O) groups is 2. The minimum absolute atomic E-state index is 0.165. The summed E-state index contributed by atoms with van der Waals surface area (Å²) >= 11 is 1.21. The van der Waals surface area contributed by atoms with Gasteiger partial charge in [0.05, 0.1) is 17.7 Å². The molecule has 154 valence electrons. The monoisotopic (exact) mass is 415 g/mol. The van der Waals surface area contributed by atoms with Crippen molar-refractivity contribution in [2.45, 2.75) is 13.8 Å². The van der Waals surface area contributed by atoms with Crippen molar-refractivity contribution in [1.82, 2.24) is 4.90 Å². The Labute approximate surface area is 175 Å². The lowest BCUT2D eigenvalue weighted by Crippen LogP contribution is -2.23. The number of nitrogens with zero attached hydrogens (tertiary/aromatic N) is 2. The van der Waals surface area contributed by atoms with Crippen LogP contribution in [0.4, 0.5) is 11.4 Å². The zero-order chi connectivity index (χ0) is 22.0. The Bertz CT molecular complexity index is 870. The highest BCUT2D eigenvalue weighted by molar-refractivity contribution is 8.18. The predicted molar refractivity (Wildman–Crippen MR) is 119 cm³/mol. The van der Waals surface area contributed by atoms with Gasteiger partial charge in [-0.3, -0.25) is 14.5 Å². The number of anilines is 1. The van der Waals surface area contributed by atoms with Crippen molar-refractivity contribution in [1.29, 1.82) is 0 Å². The lowest BCUT2D eigenvalue weighted by molar-refractivity contribution is -0.121. The van der Waals surface area contributed by atoms with Crippen LogP contribution in [-0.2, 0) is 14.3 Å². The van der Waals surface area contributed by atoms with Gasteiger partial charge in [-0.2, -0.15) is 0 Å². The van der Waals surface area contributed by atoms with E-state index in [-0.39, 0.29) is 17.4 Å². The average molecular weight is 416 g/mol. The minimum atomic E-state index is -0.227. The minimum Gasteiger partial charge on any atom is -0.505 e. The van der Waals surface area contributed by atoms with Gasteiger partial charge in [-0.05, 0) is 53.8 Å². The second-order valence-electron chi connectivity index (χ2n) is 5.41. The van der Waals surface area contributed by atoms with E-state index in [9.17, 15) is 14.7 Å². The maximum absolute atomic E-state index is 12.4. The second-order valence-corrected chi connectivity index (χ2v) is 6.42. The van der Waals surface area contributed by atoms with Gasteiger partial charge in [-0.15, -0.1) is 0 Å². The number of likely N-dealkylation sites (N-methyl/N-ethyl adjacent to an activating group) is 1. The summed E-state index contributed by atoms with van der Waals surface area (Å²) in [4.78, 5) is 29.2. The van der Waals surface area contributed by atoms with Crippen LogP contribution in [0.5, 0.6) is 0 Å². The molecule has 0 radical (unpaired) electrons. The molecule has 0 atom stereocenters. The summed E-state index contributed by atoms with van der Waals surface area (Å²) in [7, 11) is 3.03. The van der Waals surface area contributed by atoms with Crippen molar-refractivity contribution >= 4 is 40.6 Å². The Morgan fingerprint density at radius 3 is 2.41 bits per heavy atom. The first kappa shape index (κ1) is 23.8. The van der Waals surface area contributed by atoms with Crippen molar-refractivity contribution < 1.29 is 19.4 Å². The molecule has 0 spiro atoms. The summed E-state index contributed by atoms with van der Waals surface area (Å²) in [5.74, 6) is -0.276. The van der Waals surface area contributed by atoms with Crippen LogP contribution in [0.1, 0.15) is 13.8 Å². The Hall–Kier alpha value is -3.26. The predicted octanol–water partition coefficient (Wildman–Crippen LogP) is 4.52. The normalized spacial score (nSPS) is 16.3. The topological polar surface area (TPSA) is 91.2 Å². The van der Waals surface area contributed by atoms with Crippen molar-refractivity contribution in [3.8, 4) is 0 Å². The summed E-state index contributed by atoms with van der Waals surface area (Å²) in [6, 6.07) is 6.90. The van der Waals surface area contributed by atoms with Crippen LogP contribution in [0.25, 0.3) is 0 Å². The number of carbonyl (C=O) groups excluding carboxylic acids is 2. The summed E-state index contributed by atoms with van der Waals surface area (Å²) < 4.78 is 4.99. The molecule has 1 fully saturated rings. The van der Waals surface area contributed by atoms with Gasteiger partial charge in [-0.1, -0.05) is 27.0 Å². The Morgan fingerprint density at radius 1 is 1.28 bits per heavy atom. The van der Waals surface area contributed by atoms with Gasteiger partial charge in [0.2, 0.25) is 6.41 Å². The van der Waals surface area contributed by atoms with Gasteiger partial charge in [0.15, 0.2) is 10.9 Å². The number of aliphatic hydroxyl groups is 1. The molecule has 2 N–H and O–H groups in total. The molecule has 0 bridgehead atoms. The molecular formula is C21H25N3O4S. The quantitative estimate of drug-likeness (QED) is 0.296. The van der Waals surface area contributed by atoms with E-state index in [1.807, 2.05) is 13.8 Å². The van der Waals surface area contributed by atoms with E-state index in [4.69, 9.17) is 4.74 Å². The molecule has 1 heterocycles. The summed E-state index contributed by atoms with van der Waals surface area (Å²) in [6.45, 7) is 11.2. The van der Waals surface area contributed by atoms with E-state index in [2.05, 4.69) is 23.5 Å². The number of nitrogens with one attached hydrogen (secondary N) is 1. The van der Waals surface area contributed by atoms with Gasteiger partial charge in [0, 0.05) is 12.7 Å². The van der Waals surface area contributed by atoms with E-state index < -0.39 is 0 Å². The van der Waals surface area contributed by atoms with E-state index in [0.29, 0.717) is 33.4 Å². The number of aliphatic hydroxyl groups excluding tert-OH is 1. The Kier molecular flexibility index (Phi) is 9.47. The number of allylic oxidation sites excluding steroid dienone is 3. The third kappa shape index (κ3) is 6.69. The van der Waals surface area contributed by atoms with E-state index in [1.165, 1.54) is 29.8 Å². The molecule has 1 aromatic carbocycles. The van der Waals surface area contributed by atoms with Gasteiger partial charge < -0.3 is 15.2 Å². The van der Waals surface area contributed by atoms with Crippen molar-refractivity contribution in [3.05, 3.63) is 71.6 Å². The van der Waals surface area contributed by atoms with Crippen LogP contribution in [0.15, 0.2) is 76.6 Å². The van der Waals surface area contributed by atoms with Crippen molar-refractivity contribution in [3.63, 3.8) is 0 Å². The van der Waals surface area contributed by atoms with Crippen molar-refractivity contribution in [2.75, 3.05) is 19.5 Å². The molecule has 29 heavy (non-hydrogen) atoms. The number of hydrogen-bond donors (Lipinski definition) is 2. The first-order valence-corrected chi connectivity index (χ1v) is 9.56. The number of amidine groups is 1. The van der Waals surface area contributed by atoms with E-state index >= 15 is 0 Å². The number of thioether (sulfide) groups is 1. The molecule has 0 aromatic heterocycles. The molecule has 2 amide bonds. The first-order chi connectivity index (χ1) is 13.8. The largest absolute Gasteiger partial charge is 0.505 e. The summed E-state index contributed by atoms with van der Waals surface area (Å²) in [6.07, 6.45) is 3.67. The third-order valence-corrected chi connectivity index (χ3v) is 4.52. The van der Waals surface area contributed by atoms with Crippen LogP contribution >= 0.6 is 11.8 Å². The average Bonchev–Trinajstić information content (AvgIpc) is 2.97. The molecule has 1 aromatic rings. The number of hydrogen-bond acceptors (Lipinski definition) is 6. The van der Waals surface area contributed by atoms with E-state index in [1.54, 1.807) is 37.4 Å². The van der Waals surface area contributed by atoms with Crippen molar-refractivity contribution in [2.24, 2.45) is 4.99 Å². The molecule has 7 nitrogen and oxygen atoms in total. The van der Waals surface area contributed by atoms with Gasteiger partial charge in [0.25, 0.3) is 5.91 Å². The molecule has 1 aliphatic rings. The zero-order valence-corrected chi connectivity index (χ0v) is 17.7. The molecule has 0 unspecified atom stereocenters. The lowest BCUT2D eigenvalue weighted by atomic mass is 10.2. The van der Waals surface area contributed by atoms with Crippen LogP contribution in [0.2, 0.25) is 0 Å². The fraction of sp³-hybridized carbons (Fsp3) is 0.190. The number of amides is 2. The maximum atomic E-state index is 12.4. The summed E-state index contributed by atoms with van der Waals surface area (Å²) in [5, 5.41) is 12.5. The number of rotatable bonds is 7. The first-order valence-electron chi connectivity index (χ1n) is 8.75. The molecule has 2 rings (SSSR count). The van der Waals surface area contributed by atoms with Crippen LogP contribution in [-0.4, -0.2) is 41.6 Å². The summed E-state index contributed by atoms with van der Waals surface area (Å²) in [5.41, 5.74) is 1.77. The molecule has 1 aliphatic heterocycles. The lowest BCUT2D eigenvalue weighted by Gasteiger charge is -2.07. The third-order valence-electron chi connectivity index (χ3n) is 3.46. The second kappa shape index (κ2) is 11.6. The Morgan fingerprint density at radius 2 is 1.90 bits per heavy atom. The number of benzene rings is 1. The van der Waals surface area contributed by atoms with Crippen LogP contribution in [0, 0.1) is 0 Å². The SMILES string of the molecule is C=C(/C=C(/OC)C(=C)O)/C=C1/SC(=Nc2ccc(NC=O)cc2)N(C)C1=O.CC. The van der Waals surface area contributed by atoms with Crippen LogP contribution < -0.4 is 5.32 Å².